The van der Waals surface area contributed by atoms with Crippen LogP contribution in [0.2, 0.25) is 0 Å². The molecule has 0 saturated heterocycles. The van der Waals surface area contributed by atoms with Crippen LogP contribution in [-0.4, -0.2) is 16.2 Å². The monoisotopic (exact) mass is 301 g/mol. The Morgan fingerprint density at radius 3 is 2.81 bits per heavy atom. The third kappa shape index (κ3) is 2.64. The molecule has 3 aromatic rings. The number of thiazole rings is 1. The Labute approximate surface area is 125 Å². The summed E-state index contributed by atoms with van der Waals surface area (Å²) < 4.78 is 6.63. The minimum atomic E-state index is -0.0851. The number of hydrogen-bond acceptors (Lipinski definition) is 4. The van der Waals surface area contributed by atoms with Crippen LogP contribution in [-0.2, 0) is 0 Å². The molecule has 0 amide bonds. The standard InChI is InChI=1S/C16H15NO3S/c1-9(2)20-13-5-3-4-12(18)15(13)10-6-7-11-14(8-10)21-16(19)17-11/h3-9,18H,1-2H3,(H,17,19). The Balaban J connectivity index is 2.18. The van der Waals surface area contributed by atoms with Crippen molar-refractivity contribution in [2.75, 3.05) is 0 Å². The Bertz CT molecular complexity index is 848. The lowest BCUT2D eigenvalue weighted by Gasteiger charge is -2.15. The maximum absolute atomic E-state index is 11.4. The van der Waals surface area contributed by atoms with Gasteiger partial charge < -0.3 is 14.8 Å². The zero-order valence-electron chi connectivity index (χ0n) is 11.7. The lowest BCUT2D eigenvalue weighted by Crippen LogP contribution is -2.06. The summed E-state index contributed by atoms with van der Waals surface area (Å²) in [6, 6.07) is 10.8. The summed E-state index contributed by atoms with van der Waals surface area (Å²) in [5, 5.41) is 10.2. The highest BCUT2D eigenvalue weighted by Gasteiger charge is 2.13. The van der Waals surface area contributed by atoms with Gasteiger partial charge in [0.1, 0.15) is 11.5 Å². The molecule has 0 atom stereocenters. The molecule has 0 bridgehead atoms. The van der Waals surface area contributed by atoms with Gasteiger partial charge in [0, 0.05) is 0 Å². The Morgan fingerprint density at radius 1 is 1.24 bits per heavy atom. The summed E-state index contributed by atoms with van der Waals surface area (Å²) in [7, 11) is 0. The topological polar surface area (TPSA) is 62.3 Å². The van der Waals surface area contributed by atoms with Gasteiger partial charge in [-0.1, -0.05) is 23.5 Å². The van der Waals surface area contributed by atoms with E-state index in [-0.39, 0.29) is 16.7 Å². The van der Waals surface area contributed by atoms with Crippen molar-refractivity contribution in [2.45, 2.75) is 20.0 Å². The van der Waals surface area contributed by atoms with Crippen LogP contribution in [0.4, 0.5) is 0 Å². The number of phenols is 1. The number of benzene rings is 2. The second-order valence-electron chi connectivity index (χ2n) is 5.04. The zero-order chi connectivity index (χ0) is 15.0. The van der Waals surface area contributed by atoms with E-state index in [1.807, 2.05) is 38.1 Å². The normalized spacial score (nSPS) is 11.2. The minimum Gasteiger partial charge on any atom is -0.507 e. The molecule has 0 aliphatic rings. The molecule has 1 heterocycles. The number of ether oxygens (including phenoxy) is 1. The lowest BCUT2D eigenvalue weighted by atomic mass is 10.0. The maximum Gasteiger partial charge on any atom is 0.305 e. The second-order valence-corrected chi connectivity index (χ2v) is 6.06. The molecule has 3 rings (SSSR count). The Morgan fingerprint density at radius 2 is 2.05 bits per heavy atom. The molecule has 0 saturated carbocycles. The van der Waals surface area contributed by atoms with E-state index < -0.39 is 0 Å². The largest absolute Gasteiger partial charge is 0.507 e. The minimum absolute atomic E-state index is 0.0117. The first-order valence-corrected chi connectivity index (χ1v) is 7.48. The van der Waals surface area contributed by atoms with Crippen molar-refractivity contribution in [3.05, 3.63) is 46.1 Å². The molecule has 0 aliphatic carbocycles. The molecule has 0 unspecified atom stereocenters. The van der Waals surface area contributed by atoms with Crippen molar-refractivity contribution in [3.8, 4) is 22.6 Å². The maximum atomic E-state index is 11.4. The zero-order valence-corrected chi connectivity index (χ0v) is 12.5. The van der Waals surface area contributed by atoms with Gasteiger partial charge in [0.2, 0.25) is 0 Å². The van der Waals surface area contributed by atoms with E-state index >= 15 is 0 Å². The van der Waals surface area contributed by atoms with Crippen molar-refractivity contribution >= 4 is 21.6 Å². The number of aromatic amines is 1. The molecule has 2 aromatic carbocycles. The number of hydrogen-bond donors (Lipinski definition) is 2. The average molecular weight is 301 g/mol. The van der Waals surface area contributed by atoms with E-state index in [1.54, 1.807) is 12.1 Å². The number of fused-ring (bicyclic) bond motifs is 1. The van der Waals surface area contributed by atoms with Crippen LogP contribution in [0.5, 0.6) is 11.5 Å². The number of rotatable bonds is 3. The molecule has 4 nitrogen and oxygen atoms in total. The number of H-pyrrole nitrogens is 1. The van der Waals surface area contributed by atoms with Gasteiger partial charge in [-0.05, 0) is 43.7 Å². The fourth-order valence-corrected chi connectivity index (χ4v) is 3.04. The van der Waals surface area contributed by atoms with Crippen LogP contribution in [0, 0.1) is 0 Å². The molecule has 0 radical (unpaired) electrons. The number of aromatic nitrogens is 1. The summed E-state index contributed by atoms with van der Waals surface area (Å²) in [5.41, 5.74) is 2.27. The first kappa shape index (κ1) is 13.7. The molecule has 5 heteroatoms. The molecule has 1 aromatic heterocycles. The highest BCUT2D eigenvalue weighted by molar-refractivity contribution is 7.16. The molecule has 0 spiro atoms. The summed E-state index contributed by atoms with van der Waals surface area (Å²) in [6.07, 6.45) is 0.0117. The first-order chi connectivity index (χ1) is 10.0. The van der Waals surface area contributed by atoms with Crippen molar-refractivity contribution < 1.29 is 9.84 Å². The fourth-order valence-electron chi connectivity index (χ4n) is 2.26. The van der Waals surface area contributed by atoms with Gasteiger partial charge in [-0.2, -0.15) is 0 Å². The Kier molecular flexibility index (Phi) is 3.43. The van der Waals surface area contributed by atoms with Gasteiger partial charge in [-0.25, -0.2) is 0 Å². The number of nitrogens with one attached hydrogen (secondary N) is 1. The summed E-state index contributed by atoms with van der Waals surface area (Å²) in [5.74, 6) is 0.794. The van der Waals surface area contributed by atoms with Crippen molar-refractivity contribution in [2.24, 2.45) is 0 Å². The van der Waals surface area contributed by atoms with E-state index in [4.69, 9.17) is 4.74 Å². The van der Waals surface area contributed by atoms with Crippen LogP contribution in [0.15, 0.2) is 41.2 Å². The third-order valence-corrected chi connectivity index (χ3v) is 3.92. The average Bonchev–Trinajstić information content (AvgIpc) is 2.77. The first-order valence-electron chi connectivity index (χ1n) is 6.66. The highest BCUT2D eigenvalue weighted by Crippen LogP contribution is 2.39. The van der Waals surface area contributed by atoms with E-state index in [1.165, 1.54) is 0 Å². The SMILES string of the molecule is CC(C)Oc1cccc(O)c1-c1ccc2[nH]c(=O)sc2c1. The van der Waals surface area contributed by atoms with Crippen molar-refractivity contribution in [1.29, 1.82) is 0 Å². The molecule has 0 aliphatic heterocycles. The van der Waals surface area contributed by atoms with Gasteiger partial charge in [-0.3, -0.25) is 4.79 Å². The van der Waals surface area contributed by atoms with Crippen LogP contribution in [0.3, 0.4) is 0 Å². The van der Waals surface area contributed by atoms with Crippen molar-refractivity contribution in [3.63, 3.8) is 0 Å². The molecule has 2 N–H and O–H groups in total. The smallest absolute Gasteiger partial charge is 0.305 e. The van der Waals surface area contributed by atoms with Crippen LogP contribution in [0.1, 0.15) is 13.8 Å². The van der Waals surface area contributed by atoms with Gasteiger partial charge in [-0.15, -0.1) is 0 Å². The lowest BCUT2D eigenvalue weighted by molar-refractivity contribution is 0.242. The summed E-state index contributed by atoms with van der Waals surface area (Å²) in [6.45, 7) is 3.88. The predicted octanol–water partition coefficient (Wildman–Crippen LogP) is 3.75. The highest BCUT2D eigenvalue weighted by atomic mass is 32.1. The molecule has 0 fully saturated rings. The predicted molar refractivity (Wildman–Crippen MR) is 85.3 cm³/mol. The van der Waals surface area contributed by atoms with E-state index in [0.29, 0.717) is 11.3 Å². The van der Waals surface area contributed by atoms with E-state index in [2.05, 4.69) is 4.98 Å². The van der Waals surface area contributed by atoms with E-state index in [0.717, 1.165) is 27.1 Å². The van der Waals surface area contributed by atoms with Crippen LogP contribution >= 0.6 is 11.3 Å². The number of phenolic OH excluding ortho intramolecular Hbond substituents is 1. The fraction of sp³-hybridized carbons (Fsp3) is 0.188. The van der Waals surface area contributed by atoms with Crippen LogP contribution in [0.25, 0.3) is 21.3 Å². The number of aromatic hydroxyl groups is 1. The van der Waals surface area contributed by atoms with Gasteiger partial charge in [0.25, 0.3) is 0 Å². The summed E-state index contributed by atoms with van der Waals surface area (Å²) >= 11 is 1.15. The Hall–Kier alpha value is -2.27. The van der Waals surface area contributed by atoms with Gasteiger partial charge in [0.15, 0.2) is 0 Å². The second kappa shape index (κ2) is 5.26. The van der Waals surface area contributed by atoms with Crippen LogP contribution < -0.4 is 9.61 Å². The third-order valence-electron chi connectivity index (χ3n) is 3.08. The molecule has 108 valence electrons. The summed E-state index contributed by atoms with van der Waals surface area (Å²) in [4.78, 5) is 14.1. The molecular formula is C16H15NO3S. The van der Waals surface area contributed by atoms with E-state index in [9.17, 15) is 9.90 Å². The van der Waals surface area contributed by atoms with Gasteiger partial charge in [0.05, 0.1) is 21.9 Å². The van der Waals surface area contributed by atoms with Gasteiger partial charge >= 0.3 is 4.87 Å². The molecule has 21 heavy (non-hydrogen) atoms. The quantitative estimate of drug-likeness (QED) is 0.774. The molecular weight excluding hydrogens is 286 g/mol. The van der Waals surface area contributed by atoms with Crippen molar-refractivity contribution in [1.82, 2.24) is 4.98 Å².